The molecule has 1 rings (SSSR count). The number of carboxylic acids is 1. The SMILES string of the molecule is CCSCCCO[C@]1(C(=O)O)C[C@H](O)[C@@H](NC(C)=O)C([C@H](O)[C@H](O)CO)O1. The number of rotatable bonds is 11. The van der Waals surface area contributed by atoms with Crippen molar-refractivity contribution in [2.75, 3.05) is 24.7 Å². The number of hydrogen-bond donors (Lipinski definition) is 6. The Bertz CT molecular complexity index is 495. The number of amides is 1. The van der Waals surface area contributed by atoms with E-state index in [2.05, 4.69) is 5.32 Å². The Balaban J connectivity index is 3.02. The number of nitrogens with one attached hydrogen (secondary N) is 1. The lowest BCUT2D eigenvalue weighted by molar-refractivity contribution is -0.311. The summed E-state index contributed by atoms with van der Waals surface area (Å²) in [7, 11) is 0. The first-order valence-electron chi connectivity index (χ1n) is 8.73. The van der Waals surface area contributed by atoms with Crippen LogP contribution in [0.2, 0.25) is 0 Å². The number of carbonyl (C=O) groups excluding carboxylic acids is 1. The fraction of sp³-hybridized carbons (Fsp3) is 0.875. The van der Waals surface area contributed by atoms with Gasteiger partial charge in [-0.1, -0.05) is 6.92 Å². The molecule has 0 radical (unpaired) electrons. The molecule has 1 aliphatic rings. The quantitative estimate of drug-likeness (QED) is 0.216. The third-order valence-corrected chi connectivity index (χ3v) is 5.14. The van der Waals surface area contributed by atoms with E-state index in [0.29, 0.717) is 6.42 Å². The van der Waals surface area contributed by atoms with E-state index in [9.17, 15) is 30.0 Å². The molecule has 1 unspecified atom stereocenters. The van der Waals surface area contributed by atoms with Gasteiger partial charge < -0.3 is 40.3 Å². The molecular weight excluding hydrogens is 382 g/mol. The Labute approximate surface area is 161 Å². The van der Waals surface area contributed by atoms with Gasteiger partial charge in [0, 0.05) is 13.3 Å². The average Bonchev–Trinajstić information content (AvgIpc) is 2.61. The number of aliphatic hydroxyl groups is 4. The monoisotopic (exact) mass is 411 g/mol. The molecule has 6 N–H and O–H groups in total. The number of aliphatic carboxylic acids is 1. The van der Waals surface area contributed by atoms with E-state index in [1.54, 1.807) is 11.8 Å². The van der Waals surface area contributed by atoms with Crippen LogP contribution in [0, 0.1) is 0 Å². The van der Waals surface area contributed by atoms with Crippen molar-refractivity contribution in [3.05, 3.63) is 0 Å². The van der Waals surface area contributed by atoms with Crippen molar-refractivity contribution in [3.8, 4) is 0 Å². The molecule has 158 valence electrons. The molecule has 0 aliphatic carbocycles. The van der Waals surface area contributed by atoms with Crippen LogP contribution in [0.3, 0.4) is 0 Å². The summed E-state index contributed by atoms with van der Waals surface area (Å²) >= 11 is 1.66. The third-order valence-electron chi connectivity index (χ3n) is 4.16. The van der Waals surface area contributed by atoms with Crippen molar-refractivity contribution < 1.29 is 44.6 Å². The number of thioether (sulfide) groups is 1. The number of carbonyl (C=O) groups is 2. The fourth-order valence-corrected chi connectivity index (χ4v) is 3.43. The van der Waals surface area contributed by atoms with E-state index in [0.717, 1.165) is 11.5 Å². The Morgan fingerprint density at radius 2 is 2.07 bits per heavy atom. The number of carboxylic acid groups (broad SMARTS) is 1. The maximum atomic E-state index is 11.8. The van der Waals surface area contributed by atoms with Crippen LogP contribution in [0.25, 0.3) is 0 Å². The van der Waals surface area contributed by atoms with Gasteiger partial charge in [0.1, 0.15) is 18.3 Å². The van der Waals surface area contributed by atoms with E-state index in [1.807, 2.05) is 6.92 Å². The van der Waals surface area contributed by atoms with Gasteiger partial charge in [0.05, 0.1) is 25.4 Å². The van der Waals surface area contributed by atoms with E-state index in [-0.39, 0.29) is 6.61 Å². The fourth-order valence-electron chi connectivity index (χ4n) is 2.82. The summed E-state index contributed by atoms with van der Waals surface area (Å²) in [5.74, 6) is -2.63. The third kappa shape index (κ3) is 6.56. The van der Waals surface area contributed by atoms with Gasteiger partial charge in [0.2, 0.25) is 5.91 Å². The second kappa shape index (κ2) is 11.1. The van der Waals surface area contributed by atoms with Crippen molar-refractivity contribution in [3.63, 3.8) is 0 Å². The minimum atomic E-state index is -2.24. The summed E-state index contributed by atoms with van der Waals surface area (Å²) < 4.78 is 10.9. The normalized spacial score (nSPS) is 30.5. The van der Waals surface area contributed by atoms with Crippen molar-refractivity contribution >= 4 is 23.6 Å². The van der Waals surface area contributed by atoms with Gasteiger partial charge in [0.25, 0.3) is 5.79 Å². The highest BCUT2D eigenvalue weighted by Crippen LogP contribution is 2.33. The van der Waals surface area contributed by atoms with Crippen LogP contribution in [-0.2, 0) is 19.1 Å². The molecule has 11 heteroatoms. The standard InChI is InChI=1S/C16H29NO9S/c1-3-27-6-4-5-25-16(15(23)24)7-10(20)12(17-9(2)19)14(26-16)13(22)11(21)8-18/h10-14,18,20-22H,3-8H2,1-2H3,(H,17,19)(H,23,24)/t10-,11+,12+,13+,14?,16+/m0/s1. The van der Waals surface area contributed by atoms with Crippen LogP contribution in [-0.4, -0.2) is 98.4 Å². The molecule has 10 nitrogen and oxygen atoms in total. The van der Waals surface area contributed by atoms with Crippen LogP contribution in [0.1, 0.15) is 26.7 Å². The lowest BCUT2D eigenvalue weighted by Gasteiger charge is -2.46. The molecule has 1 fully saturated rings. The molecule has 1 amide bonds. The number of ether oxygens (including phenoxy) is 2. The van der Waals surface area contributed by atoms with Crippen molar-refractivity contribution in [2.45, 2.75) is 62.9 Å². The molecule has 0 aromatic heterocycles. The maximum absolute atomic E-state index is 11.8. The Hall–Kier alpha value is -0.950. The first-order valence-corrected chi connectivity index (χ1v) is 9.89. The zero-order valence-corrected chi connectivity index (χ0v) is 16.2. The molecule has 1 heterocycles. The van der Waals surface area contributed by atoms with E-state index >= 15 is 0 Å². The summed E-state index contributed by atoms with van der Waals surface area (Å²) in [5.41, 5.74) is 0. The van der Waals surface area contributed by atoms with E-state index in [1.165, 1.54) is 6.92 Å². The van der Waals surface area contributed by atoms with E-state index in [4.69, 9.17) is 14.6 Å². The predicted octanol–water partition coefficient (Wildman–Crippen LogP) is -1.70. The smallest absolute Gasteiger partial charge is 0.364 e. The van der Waals surface area contributed by atoms with Crippen molar-refractivity contribution in [1.29, 1.82) is 0 Å². The van der Waals surface area contributed by atoms with Gasteiger partial charge in [-0.15, -0.1) is 0 Å². The number of aliphatic hydroxyl groups excluding tert-OH is 4. The zero-order chi connectivity index (χ0) is 20.6. The summed E-state index contributed by atoms with van der Waals surface area (Å²) in [6.07, 6.45) is -6.29. The minimum absolute atomic E-state index is 0.0438. The first kappa shape index (κ1) is 24.1. The van der Waals surface area contributed by atoms with Crippen molar-refractivity contribution in [1.82, 2.24) is 5.32 Å². The molecule has 1 saturated heterocycles. The van der Waals surface area contributed by atoms with Crippen LogP contribution < -0.4 is 5.32 Å². The molecule has 27 heavy (non-hydrogen) atoms. The molecule has 0 spiro atoms. The largest absolute Gasteiger partial charge is 0.477 e. The molecule has 0 bridgehead atoms. The number of hydrogen-bond acceptors (Lipinski definition) is 9. The maximum Gasteiger partial charge on any atom is 0.364 e. The van der Waals surface area contributed by atoms with Gasteiger partial charge in [-0.2, -0.15) is 11.8 Å². The first-order chi connectivity index (χ1) is 12.7. The lowest BCUT2D eigenvalue weighted by Crippen LogP contribution is -2.67. The minimum Gasteiger partial charge on any atom is -0.477 e. The van der Waals surface area contributed by atoms with Gasteiger partial charge in [0.15, 0.2) is 0 Å². The van der Waals surface area contributed by atoms with Gasteiger partial charge in [-0.05, 0) is 17.9 Å². The summed E-state index contributed by atoms with van der Waals surface area (Å²) in [4.78, 5) is 23.2. The highest BCUT2D eigenvalue weighted by Gasteiger charge is 2.55. The van der Waals surface area contributed by atoms with Crippen LogP contribution in [0.4, 0.5) is 0 Å². The Morgan fingerprint density at radius 3 is 2.59 bits per heavy atom. The molecule has 0 aromatic rings. The van der Waals surface area contributed by atoms with Gasteiger partial charge >= 0.3 is 5.97 Å². The zero-order valence-electron chi connectivity index (χ0n) is 15.4. The summed E-state index contributed by atoms with van der Waals surface area (Å²) in [6.45, 7) is 2.40. The topological polar surface area (TPSA) is 166 Å². The predicted molar refractivity (Wildman–Crippen MR) is 96.1 cm³/mol. The van der Waals surface area contributed by atoms with Crippen LogP contribution in [0.5, 0.6) is 0 Å². The Kier molecular flexibility index (Phi) is 9.95. The molecule has 0 aromatic carbocycles. The molecule has 6 atom stereocenters. The highest BCUT2D eigenvalue weighted by atomic mass is 32.2. The summed E-state index contributed by atoms with van der Waals surface area (Å²) in [5, 5.41) is 51.5. The van der Waals surface area contributed by atoms with E-state index < -0.39 is 61.1 Å². The van der Waals surface area contributed by atoms with Crippen molar-refractivity contribution in [2.24, 2.45) is 0 Å². The molecule has 0 saturated carbocycles. The van der Waals surface area contributed by atoms with Crippen LogP contribution in [0.15, 0.2) is 0 Å². The van der Waals surface area contributed by atoms with Crippen LogP contribution >= 0.6 is 11.8 Å². The Morgan fingerprint density at radius 1 is 1.41 bits per heavy atom. The average molecular weight is 411 g/mol. The molecular formula is C16H29NO9S. The van der Waals surface area contributed by atoms with Gasteiger partial charge in [-0.3, -0.25) is 4.79 Å². The van der Waals surface area contributed by atoms with Gasteiger partial charge in [-0.25, -0.2) is 4.79 Å². The summed E-state index contributed by atoms with van der Waals surface area (Å²) in [6, 6.07) is -1.19. The highest BCUT2D eigenvalue weighted by molar-refractivity contribution is 7.99. The lowest BCUT2D eigenvalue weighted by atomic mass is 9.88. The molecule has 1 aliphatic heterocycles. The second-order valence-corrected chi connectivity index (χ2v) is 7.67. The second-order valence-electron chi connectivity index (χ2n) is 6.28.